The third-order valence-corrected chi connectivity index (χ3v) is 5.79. The van der Waals surface area contributed by atoms with Crippen LogP contribution >= 0.6 is 11.8 Å². The van der Waals surface area contributed by atoms with Crippen molar-refractivity contribution in [1.29, 1.82) is 0 Å². The van der Waals surface area contributed by atoms with Crippen molar-refractivity contribution in [2.45, 2.75) is 12.2 Å². The summed E-state index contributed by atoms with van der Waals surface area (Å²) in [7, 11) is 1.62. The highest BCUT2D eigenvalue weighted by molar-refractivity contribution is 8.00. The van der Waals surface area contributed by atoms with Crippen LogP contribution in [0.5, 0.6) is 11.5 Å². The van der Waals surface area contributed by atoms with Crippen molar-refractivity contribution in [2.24, 2.45) is 0 Å². The minimum absolute atomic E-state index is 0.0495. The number of phenolic OH excluding ortho intramolecular Hbond substituents is 1. The van der Waals surface area contributed by atoms with Crippen LogP contribution in [0.2, 0.25) is 0 Å². The Hall–Kier alpha value is -2.93. The zero-order chi connectivity index (χ0) is 19.0. The number of aryl methyl sites for hydroxylation is 1. The molecular formula is C20H19N3O3S. The molecule has 7 heteroatoms. The van der Waals surface area contributed by atoms with Crippen molar-refractivity contribution in [2.75, 3.05) is 18.2 Å². The third kappa shape index (κ3) is 3.26. The molecule has 4 rings (SSSR count). The number of hydrogen-bond acceptors (Lipinski definition) is 5. The van der Waals surface area contributed by atoms with Crippen LogP contribution in [0.4, 0.5) is 5.82 Å². The predicted molar refractivity (Wildman–Crippen MR) is 106 cm³/mol. The quantitative estimate of drug-likeness (QED) is 0.724. The number of nitrogens with zero attached hydrogens (tertiary/aromatic N) is 2. The fourth-order valence-corrected chi connectivity index (χ4v) is 4.39. The number of thioether (sulfide) groups is 1. The standard InChI is InChI=1S/C20H19N3O3S/c1-12-18-19(13-3-7-15(24)8-4-13)27-11-17(25)21-20(18)23(22-12)14-5-9-16(26-2)10-6-14/h3-10,19,24H,11H2,1-2H3,(H,21,25). The van der Waals surface area contributed by atoms with Gasteiger partial charge in [0.15, 0.2) is 0 Å². The summed E-state index contributed by atoms with van der Waals surface area (Å²) >= 11 is 1.56. The molecule has 0 radical (unpaired) electrons. The molecule has 2 aromatic carbocycles. The van der Waals surface area contributed by atoms with Gasteiger partial charge in [-0.25, -0.2) is 4.68 Å². The van der Waals surface area contributed by atoms with Crippen molar-refractivity contribution in [3.63, 3.8) is 0 Å². The van der Waals surface area contributed by atoms with E-state index in [-0.39, 0.29) is 16.9 Å². The molecule has 0 fully saturated rings. The molecule has 0 saturated heterocycles. The largest absolute Gasteiger partial charge is 0.508 e. The lowest BCUT2D eigenvalue weighted by atomic mass is 10.0. The first-order chi connectivity index (χ1) is 13.1. The highest BCUT2D eigenvalue weighted by Crippen LogP contribution is 2.44. The number of aromatic hydroxyl groups is 1. The summed E-state index contributed by atoms with van der Waals surface area (Å²) in [5, 5.41) is 17.2. The number of anilines is 1. The second-order valence-electron chi connectivity index (χ2n) is 6.29. The lowest BCUT2D eigenvalue weighted by Crippen LogP contribution is -2.15. The van der Waals surface area contributed by atoms with Gasteiger partial charge in [0, 0.05) is 5.56 Å². The number of aromatic nitrogens is 2. The Balaban J connectivity index is 1.84. The van der Waals surface area contributed by atoms with E-state index < -0.39 is 0 Å². The van der Waals surface area contributed by atoms with E-state index in [0.29, 0.717) is 11.6 Å². The van der Waals surface area contributed by atoms with Crippen molar-refractivity contribution < 1.29 is 14.6 Å². The number of ether oxygens (including phenoxy) is 1. The van der Waals surface area contributed by atoms with Gasteiger partial charge in [0.05, 0.1) is 29.5 Å². The Morgan fingerprint density at radius 1 is 1.19 bits per heavy atom. The number of carbonyl (C=O) groups is 1. The second-order valence-corrected chi connectivity index (χ2v) is 7.38. The zero-order valence-electron chi connectivity index (χ0n) is 15.0. The van der Waals surface area contributed by atoms with Gasteiger partial charge in [0.25, 0.3) is 0 Å². The normalized spacial score (nSPS) is 16.4. The van der Waals surface area contributed by atoms with Gasteiger partial charge < -0.3 is 15.2 Å². The van der Waals surface area contributed by atoms with E-state index in [1.807, 2.05) is 43.3 Å². The molecule has 1 aliphatic rings. The maximum atomic E-state index is 12.3. The van der Waals surface area contributed by atoms with Gasteiger partial charge in [0.1, 0.15) is 17.3 Å². The number of nitrogens with one attached hydrogen (secondary N) is 1. The highest BCUT2D eigenvalue weighted by Gasteiger charge is 2.30. The summed E-state index contributed by atoms with van der Waals surface area (Å²) in [6.45, 7) is 1.95. The topological polar surface area (TPSA) is 76.4 Å². The second kappa shape index (κ2) is 7.00. The van der Waals surface area contributed by atoms with Crippen LogP contribution in [0.25, 0.3) is 5.69 Å². The van der Waals surface area contributed by atoms with Crippen molar-refractivity contribution >= 4 is 23.5 Å². The number of carbonyl (C=O) groups excluding carboxylic acids is 1. The molecule has 138 valence electrons. The van der Waals surface area contributed by atoms with Crippen LogP contribution in [0.15, 0.2) is 48.5 Å². The molecule has 0 saturated carbocycles. The van der Waals surface area contributed by atoms with Crippen molar-refractivity contribution in [3.05, 3.63) is 65.4 Å². The Morgan fingerprint density at radius 2 is 1.89 bits per heavy atom. The van der Waals surface area contributed by atoms with Gasteiger partial charge in [0.2, 0.25) is 5.91 Å². The number of hydrogen-bond donors (Lipinski definition) is 2. The molecular weight excluding hydrogens is 362 g/mol. The van der Waals surface area contributed by atoms with Crippen LogP contribution in [-0.2, 0) is 4.79 Å². The van der Waals surface area contributed by atoms with E-state index in [1.54, 1.807) is 35.7 Å². The summed E-state index contributed by atoms with van der Waals surface area (Å²) in [4.78, 5) is 12.3. The van der Waals surface area contributed by atoms with Gasteiger partial charge in [-0.15, -0.1) is 11.8 Å². The van der Waals surface area contributed by atoms with Gasteiger partial charge in [-0.3, -0.25) is 4.79 Å². The minimum atomic E-state index is -0.0582. The van der Waals surface area contributed by atoms with Gasteiger partial charge >= 0.3 is 0 Å². The predicted octanol–water partition coefficient (Wildman–Crippen LogP) is 3.67. The van der Waals surface area contributed by atoms with Crippen molar-refractivity contribution in [1.82, 2.24) is 9.78 Å². The number of methoxy groups -OCH3 is 1. The average molecular weight is 381 g/mol. The van der Waals surface area contributed by atoms with Crippen LogP contribution in [0.3, 0.4) is 0 Å². The Kier molecular flexibility index (Phi) is 4.53. The number of benzene rings is 2. The Bertz CT molecular complexity index is 981. The molecule has 6 nitrogen and oxygen atoms in total. The molecule has 2 heterocycles. The third-order valence-electron chi connectivity index (χ3n) is 4.52. The number of phenols is 1. The van der Waals surface area contributed by atoms with Gasteiger partial charge in [-0.2, -0.15) is 5.10 Å². The molecule has 2 N–H and O–H groups in total. The Morgan fingerprint density at radius 3 is 2.56 bits per heavy atom. The van der Waals surface area contributed by atoms with E-state index in [4.69, 9.17) is 4.74 Å². The van der Waals surface area contributed by atoms with Crippen LogP contribution in [0.1, 0.15) is 22.1 Å². The van der Waals surface area contributed by atoms with Crippen LogP contribution in [-0.4, -0.2) is 33.7 Å². The molecule has 1 amide bonds. The zero-order valence-corrected chi connectivity index (χ0v) is 15.8. The molecule has 27 heavy (non-hydrogen) atoms. The summed E-state index contributed by atoms with van der Waals surface area (Å²) in [5.74, 6) is 1.96. The van der Waals surface area contributed by atoms with Crippen LogP contribution in [0, 0.1) is 6.92 Å². The Labute approximate surface area is 161 Å². The SMILES string of the molecule is COc1ccc(-n2nc(C)c3c2NC(=O)CSC3c2ccc(O)cc2)cc1. The molecule has 1 atom stereocenters. The molecule has 0 bridgehead atoms. The monoisotopic (exact) mass is 381 g/mol. The molecule has 0 spiro atoms. The first kappa shape index (κ1) is 17.5. The smallest absolute Gasteiger partial charge is 0.235 e. The number of amides is 1. The first-order valence-corrected chi connectivity index (χ1v) is 9.56. The summed E-state index contributed by atoms with van der Waals surface area (Å²) in [5.41, 5.74) is 3.70. The summed E-state index contributed by atoms with van der Waals surface area (Å²) in [6, 6.07) is 14.6. The van der Waals surface area contributed by atoms with Crippen LogP contribution < -0.4 is 10.1 Å². The molecule has 1 unspecified atom stereocenters. The van der Waals surface area contributed by atoms with Gasteiger partial charge in [-0.1, -0.05) is 12.1 Å². The maximum absolute atomic E-state index is 12.3. The maximum Gasteiger partial charge on any atom is 0.235 e. The van der Waals surface area contributed by atoms with E-state index in [0.717, 1.165) is 28.3 Å². The number of rotatable bonds is 3. The number of fused-ring (bicyclic) bond motifs is 1. The highest BCUT2D eigenvalue weighted by atomic mass is 32.2. The lowest BCUT2D eigenvalue weighted by Gasteiger charge is -2.15. The summed E-state index contributed by atoms with van der Waals surface area (Å²) in [6.07, 6.45) is 0. The van der Waals surface area contributed by atoms with E-state index >= 15 is 0 Å². The fraction of sp³-hybridized carbons (Fsp3) is 0.200. The summed E-state index contributed by atoms with van der Waals surface area (Å²) < 4.78 is 6.99. The van der Waals surface area contributed by atoms with Gasteiger partial charge in [-0.05, 0) is 48.9 Å². The van der Waals surface area contributed by atoms with E-state index in [2.05, 4.69) is 10.4 Å². The molecule has 3 aromatic rings. The minimum Gasteiger partial charge on any atom is -0.508 e. The lowest BCUT2D eigenvalue weighted by molar-refractivity contribution is -0.113. The molecule has 0 aliphatic carbocycles. The van der Waals surface area contributed by atoms with E-state index in [9.17, 15) is 9.90 Å². The first-order valence-electron chi connectivity index (χ1n) is 8.51. The molecule has 1 aliphatic heterocycles. The molecule has 1 aromatic heterocycles. The fourth-order valence-electron chi connectivity index (χ4n) is 3.21. The van der Waals surface area contributed by atoms with E-state index in [1.165, 1.54) is 0 Å². The average Bonchev–Trinajstić information content (AvgIpc) is 2.88. The van der Waals surface area contributed by atoms with Crippen molar-refractivity contribution in [3.8, 4) is 17.2 Å².